The molecule has 0 unspecified atom stereocenters. The van der Waals surface area contributed by atoms with Gasteiger partial charge in [0, 0.05) is 36.8 Å². The highest BCUT2D eigenvalue weighted by molar-refractivity contribution is 6.31. The van der Waals surface area contributed by atoms with Crippen LogP contribution in [0.3, 0.4) is 0 Å². The number of fused-ring (bicyclic) bond motifs is 1. The van der Waals surface area contributed by atoms with Crippen molar-refractivity contribution in [2.75, 3.05) is 26.3 Å². The first-order chi connectivity index (χ1) is 12.5. The zero-order valence-corrected chi connectivity index (χ0v) is 16.7. The van der Waals surface area contributed by atoms with Gasteiger partial charge in [0.05, 0.1) is 19.3 Å². The molecule has 2 aliphatic rings. The third-order valence-corrected chi connectivity index (χ3v) is 5.61. The van der Waals surface area contributed by atoms with Crippen molar-refractivity contribution in [3.8, 4) is 11.5 Å². The number of piperazine rings is 1. The summed E-state index contributed by atoms with van der Waals surface area (Å²) in [4.78, 5) is 16.9. The molecule has 3 rings (SSSR count). The Balaban J connectivity index is 1.80. The summed E-state index contributed by atoms with van der Waals surface area (Å²) in [7, 11) is 0. The van der Waals surface area contributed by atoms with E-state index in [1.807, 2.05) is 26.0 Å². The second-order valence-corrected chi connectivity index (χ2v) is 7.51. The third kappa shape index (κ3) is 3.94. The molecule has 0 aromatic heterocycles. The molecule has 0 N–H and O–H groups in total. The molecule has 0 radical (unpaired) electrons. The number of hydrogen-bond acceptors (Lipinski definition) is 4. The van der Waals surface area contributed by atoms with E-state index in [0.29, 0.717) is 36.6 Å². The number of ether oxygens (including phenoxy) is 2. The van der Waals surface area contributed by atoms with Gasteiger partial charge in [0.15, 0.2) is 11.5 Å². The zero-order chi connectivity index (χ0) is 18.7. The van der Waals surface area contributed by atoms with Crippen molar-refractivity contribution in [1.29, 1.82) is 0 Å². The number of carbonyl (C=O) groups is 1. The first kappa shape index (κ1) is 19.3. The van der Waals surface area contributed by atoms with Gasteiger partial charge in [-0.3, -0.25) is 9.69 Å². The smallest absolute Gasteiger partial charge is 0.239 e. The Hall–Kier alpha value is -1.46. The van der Waals surface area contributed by atoms with Crippen LogP contribution in [-0.2, 0) is 11.3 Å². The van der Waals surface area contributed by atoms with E-state index >= 15 is 0 Å². The van der Waals surface area contributed by atoms with Crippen LogP contribution < -0.4 is 9.47 Å². The topological polar surface area (TPSA) is 42.0 Å². The molecule has 2 saturated heterocycles. The molecule has 6 heteroatoms. The minimum absolute atomic E-state index is 0.119. The van der Waals surface area contributed by atoms with Crippen LogP contribution in [0.4, 0.5) is 0 Å². The summed E-state index contributed by atoms with van der Waals surface area (Å²) >= 11 is 6.54. The standard InChI is InChI=1S/C20H29ClN2O3/c1-4-9-26-19-11-17(21)15(10-18(19)25-5-2)12-22-13-16-7-6-8-23(16)20(24)14(22)3/h10-11,14,16H,4-9,12-13H2,1-3H3/t14-,16-/m0/s1. The van der Waals surface area contributed by atoms with Gasteiger partial charge in [0.2, 0.25) is 5.91 Å². The van der Waals surface area contributed by atoms with Crippen LogP contribution in [0, 0.1) is 0 Å². The second kappa shape index (κ2) is 8.49. The molecule has 2 heterocycles. The van der Waals surface area contributed by atoms with E-state index in [4.69, 9.17) is 21.1 Å². The normalized spacial score (nSPS) is 23.2. The van der Waals surface area contributed by atoms with E-state index in [1.165, 1.54) is 0 Å². The Morgan fingerprint density at radius 2 is 2.00 bits per heavy atom. The van der Waals surface area contributed by atoms with E-state index in [2.05, 4.69) is 16.7 Å². The van der Waals surface area contributed by atoms with Gasteiger partial charge in [-0.15, -0.1) is 0 Å². The Morgan fingerprint density at radius 3 is 2.73 bits per heavy atom. The van der Waals surface area contributed by atoms with Crippen molar-refractivity contribution >= 4 is 17.5 Å². The minimum atomic E-state index is -0.119. The molecule has 1 aromatic rings. The summed E-state index contributed by atoms with van der Waals surface area (Å²) in [6, 6.07) is 4.04. The number of hydrogen-bond donors (Lipinski definition) is 0. The molecule has 2 fully saturated rings. The summed E-state index contributed by atoms with van der Waals surface area (Å²) < 4.78 is 11.5. The van der Waals surface area contributed by atoms with Crippen LogP contribution in [0.15, 0.2) is 12.1 Å². The molecular weight excluding hydrogens is 352 g/mol. The monoisotopic (exact) mass is 380 g/mol. The highest BCUT2D eigenvalue weighted by Gasteiger charge is 2.40. The Kier molecular flexibility index (Phi) is 6.30. The molecule has 1 aromatic carbocycles. The lowest BCUT2D eigenvalue weighted by Gasteiger charge is -2.41. The maximum atomic E-state index is 12.6. The molecule has 2 atom stereocenters. The minimum Gasteiger partial charge on any atom is -0.490 e. The third-order valence-electron chi connectivity index (χ3n) is 5.26. The average Bonchev–Trinajstić information content (AvgIpc) is 3.09. The van der Waals surface area contributed by atoms with E-state index in [9.17, 15) is 4.79 Å². The summed E-state index contributed by atoms with van der Waals surface area (Å²) in [5, 5.41) is 0.660. The zero-order valence-electron chi connectivity index (χ0n) is 16.0. The predicted octanol–water partition coefficient (Wildman–Crippen LogP) is 3.72. The van der Waals surface area contributed by atoms with Crippen LogP contribution in [0.25, 0.3) is 0 Å². The van der Waals surface area contributed by atoms with Gasteiger partial charge in [-0.25, -0.2) is 0 Å². The molecule has 0 aliphatic carbocycles. The molecule has 0 bridgehead atoms. The van der Waals surface area contributed by atoms with Gasteiger partial charge >= 0.3 is 0 Å². The van der Waals surface area contributed by atoms with Gasteiger partial charge in [0.25, 0.3) is 0 Å². The fourth-order valence-corrected chi connectivity index (χ4v) is 4.07. The Bertz CT molecular complexity index is 652. The highest BCUT2D eigenvalue weighted by Crippen LogP contribution is 2.35. The van der Waals surface area contributed by atoms with Gasteiger partial charge in [0.1, 0.15) is 0 Å². The SMILES string of the molecule is CCCOc1cc(Cl)c(CN2C[C@@H]3CCCN3C(=O)[C@@H]2C)cc1OCC. The largest absolute Gasteiger partial charge is 0.490 e. The molecular formula is C20H29ClN2O3. The lowest BCUT2D eigenvalue weighted by molar-refractivity contribution is -0.143. The van der Waals surface area contributed by atoms with Crippen LogP contribution in [0.2, 0.25) is 5.02 Å². The Morgan fingerprint density at radius 1 is 1.23 bits per heavy atom. The molecule has 5 nitrogen and oxygen atoms in total. The van der Waals surface area contributed by atoms with E-state index in [0.717, 1.165) is 43.7 Å². The fourth-order valence-electron chi connectivity index (χ4n) is 3.85. The van der Waals surface area contributed by atoms with Gasteiger partial charge < -0.3 is 14.4 Å². The number of rotatable bonds is 7. The van der Waals surface area contributed by atoms with Crippen molar-refractivity contribution < 1.29 is 14.3 Å². The molecule has 26 heavy (non-hydrogen) atoms. The lowest BCUT2D eigenvalue weighted by atomic mass is 10.1. The van der Waals surface area contributed by atoms with Crippen molar-refractivity contribution in [1.82, 2.24) is 9.80 Å². The number of nitrogens with zero attached hydrogens (tertiary/aromatic N) is 2. The summed E-state index contributed by atoms with van der Waals surface area (Å²) in [6.45, 7) is 9.66. The van der Waals surface area contributed by atoms with Crippen LogP contribution >= 0.6 is 11.6 Å². The lowest BCUT2D eigenvalue weighted by Crippen LogP contribution is -2.58. The fraction of sp³-hybridized carbons (Fsp3) is 0.650. The first-order valence-electron chi connectivity index (χ1n) is 9.67. The molecule has 0 spiro atoms. The van der Waals surface area contributed by atoms with Crippen LogP contribution in [0.5, 0.6) is 11.5 Å². The maximum Gasteiger partial charge on any atom is 0.239 e. The van der Waals surface area contributed by atoms with Gasteiger partial charge in [-0.2, -0.15) is 0 Å². The first-order valence-corrected chi connectivity index (χ1v) is 10.1. The van der Waals surface area contributed by atoms with Gasteiger partial charge in [-0.05, 0) is 44.7 Å². The van der Waals surface area contributed by atoms with Crippen molar-refractivity contribution in [2.45, 2.75) is 58.7 Å². The summed E-state index contributed by atoms with van der Waals surface area (Å²) in [6.07, 6.45) is 3.13. The Labute approximate surface area is 161 Å². The number of benzene rings is 1. The molecule has 0 saturated carbocycles. The molecule has 144 valence electrons. The highest BCUT2D eigenvalue weighted by atomic mass is 35.5. The predicted molar refractivity (Wildman–Crippen MR) is 103 cm³/mol. The van der Waals surface area contributed by atoms with E-state index in [1.54, 1.807) is 0 Å². The maximum absolute atomic E-state index is 12.6. The quantitative estimate of drug-likeness (QED) is 0.723. The van der Waals surface area contributed by atoms with Gasteiger partial charge in [-0.1, -0.05) is 18.5 Å². The van der Waals surface area contributed by atoms with Crippen LogP contribution in [0.1, 0.15) is 45.6 Å². The van der Waals surface area contributed by atoms with Crippen molar-refractivity contribution in [3.05, 3.63) is 22.7 Å². The summed E-state index contributed by atoms with van der Waals surface area (Å²) in [5.41, 5.74) is 0.977. The number of carbonyl (C=O) groups excluding carboxylic acids is 1. The van der Waals surface area contributed by atoms with E-state index in [-0.39, 0.29) is 11.9 Å². The molecule has 1 amide bonds. The van der Waals surface area contributed by atoms with Crippen molar-refractivity contribution in [2.24, 2.45) is 0 Å². The van der Waals surface area contributed by atoms with Crippen LogP contribution in [-0.4, -0.2) is 54.1 Å². The average molecular weight is 381 g/mol. The second-order valence-electron chi connectivity index (χ2n) is 7.10. The number of amides is 1. The summed E-state index contributed by atoms with van der Waals surface area (Å²) in [5.74, 6) is 1.65. The molecule has 2 aliphatic heterocycles. The number of halogens is 1. The van der Waals surface area contributed by atoms with E-state index < -0.39 is 0 Å². The van der Waals surface area contributed by atoms with Crippen molar-refractivity contribution in [3.63, 3.8) is 0 Å².